The molecule has 0 aliphatic heterocycles. The molecule has 7 heteroatoms. The monoisotopic (exact) mass is 231 g/mol. The number of hydrogen-bond donors (Lipinski definition) is 1. The number of esters is 2. The van der Waals surface area contributed by atoms with Gasteiger partial charge in [0.05, 0.1) is 6.21 Å². The molecule has 2 atom stereocenters. The van der Waals surface area contributed by atoms with Crippen molar-refractivity contribution in [3.63, 3.8) is 0 Å². The predicted octanol–water partition coefficient (Wildman–Crippen LogP) is -0.402. The third-order valence-corrected chi connectivity index (χ3v) is 1.28. The first-order valence-corrected chi connectivity index (χ1v) is 4.26. The molecule has 0 saturated heterocycles. The van der Waals surface area contributed by atoms with Crippen molar-refractivity contribution < 1.29 is 29.0 Å². The SMILES string of the molecule is C=CC(=O)OC(OC(C)=O)C(O)C=NOC. The van der Waals surface area contributed by atoms with Crippen LogP contribution in [0.3, 0.4) is 0 Å². The van der Waals surface area contributed by atoms with Crippen molar-refractivity contribution in [2.75, 3.05) is 7.11 Å². The lowest BCUT2D eigenvalue weighted by Gasteiger charge is -2.18. The molecule has 0 bridgehead atoms. The first kappa shape index (κ1) is 14.1. The minimum atomic E-state index is -1.48. The van der Waals surface area contributed by atoms with Crippen LogP contribution in [0.4, 0.5) is 0 Å². The van der Waals surface area contributed by atoms with Gasteiger partial charge < -0.3 is 19.4 Å². The Bertz CT molecular complexity index is 288. The summed E-state index contributed by atoms with van der Waals surface area (Å²) < 4.78 is 9.13. The minimum Gasteiger partial charge on any atom is -0.422 e. The Balaban J connectivity index is 4.51. The highest BCUT2D eigenvalue weighted by Crippen LogP contribution is 2.02. The van der Waals surface area contributed by atoms with Gasteiger partial charge in [-0.25, -0.2) is 4.79 Å². The van der Waals surface area contributed by atoms with Crippen LogP contribution in [0.25, 0.3) is 0 Å². The Morgan fingerprint density at radius 3 is 2.50 bits per heavy atom. The lowest BCUT2D eigenvalue weighted by molar-refractivity contribution is -0.194. The number of rotatable bonds is 6. The summed E-state index contributed by atoms with van der Waals surface area (Å²) in [6.45, 7) is 4.27. The molecule has 0 aromatic heterocycles. The van der Waals surface area contributed by atoms with E-state index < -0.39 is 24.3 Å². The highest BCUT2D eigenvalue weighted by Gasteiger charge is 2.24. The van der Waals surface area contributed by atoms with Crippen LogP contribution in [0.5, 0.6) is 0 Å². The normalized spacial score (nSPS) is 13.9. The number of ether oxygens (including phenoxy) is 2. The van der Waals surface area contributed by atoms with E-state index in [0.29, 0.717) is 0 Å². The number of hydrogen-bond acceptors (Lipinski definition) is 7. The van der Waals surface area contributed by atoms with E-state index in [1.54, 1.807) is 0 Å². The topological polar surface area (TPSA) is 94.4 Å². The molecule has 0 amide bonds. The molecule has 0 aliphatic carbocycles. The van der Waals surface area contributed by atoms with Gasteiger partial charge in [-0.15, -0.1) is 0 Å². The van der Waals surface area contributed by atoms with Gasteiger partial charge in [0, 0.05) is 13.0 Å². The summed E-state index contributed by atoms with van der Waals surface area (Å²) >= 11 is 0. The molecule has 1 N–H and O–H groups in total. The number of aliphatic hydroxyl groups excluding tert-OH is 1. The van der Waals surface area contributed by atoms with Gasteiger partial charge in [0.1, 0.15) is 7.11 Å². The summed E-state index contributed by atoms with van der Waals surface area (Å²) in [6, 6.07) is 0. The number of carbonyl (C=O) groups excluding carboxylic acids is 2. The molecule has 0 heterocycles. The number of nitrogens with zero attached hydrogens (tertiary/aromatic N) is 1. The van der Waals surface area contributed by atoms with E-state index in [2.05, 4.69) is 26.0 Å². The Morgan fingerprint density at radius 2 is 2.06 bits per heavy atom. The lowest BCUT2D eigenvalue weighted by atomic mass is 10.4. The first-order chi connectivity index (χ1) is 7.51. The van der Waals surface area contributed by atoms with Gasteiger partial charge in [0.15, 0.2) is 6.10 Å². The minimum absolute atomic E-state index is 0.716. The number of oxime groups is 1. The van der Waals surface area contributed by atoms with Crippen LogP contribution in [-0.4, -0.2) is 42.8 Å². The second-order valence-electron chi connectivity index (χ2n) is 2.55. The fraction of sp³-hybridized carbons (Fsp3) is 0.444. The zero-order chi connectivity index (χ0) is 12.6. The van der Waals surface area contributed by atoms with Gasteiger partial charge in [0.2, 0.25) is 0 Å². The van der Waals surface area contributed by atoms with Gasteiger partial charge in [-0.2, -0.15) is 0 Å². The summed E-state index contributed by atoms with van der Waals surface area (Å²) in [7, 11) is 1.26. The molecular weight excluding hydrogens is 218 g/mol. The molecule has 90 valence electrons. The maximum atomic E-state index is 10.9. The van der Waals surface area contributed by atoms with Gasteiger partial charge in [-0.05, 0) is 0 Å². The van der Waals surface area contributed by atoms with E-state index in [0.717, 1.165) is 19.2 Å². The Kier molecular flexibility index (Phi) is 6.53. The van der Waals surface area contributed by atoms with E-state index in [4.69, 9.17) is 0 Å². The van der Waals surface area contributed by atoms with E-state index in [9.17, 15) is 14.7 Å². The van der Waals surface area contributed by atoms with Gasteiger partial charge in [-0.1, -0.05) is 11.7 Å². The first-order valence-electron chi connectivity index (χ1n) is 4.26. The zero-order valence-corrected chi connectivity index (χ0v) is 8.95. The third kappa shape index (κ3) is 5.76. The summed E-state index contributed by atoms with van der Waals surface area (Å²) in [5.74, 6) is -1.55. The predicted molar refractivity (Wildman–Crippen MR) is 53.4 cm³/mol. The fourth-order valence-electron chi connectivity index (χ4n) is 0.683. The zero-order valence-electron chi connectivity index (χ0n) is 8.95. The molecule has 0 spiro atoms. The maximum Gasteiger partial charge on any atom is 0.333 e. The van der Waals surface area contributed by atoms with E-state index in [1.165, 1.54) is 7.11 Å². The number of aliphatic hydroxyl groups is 1. The van der Waals surface area contributed by atoms with Gasteiger partial charge in [0.25, 0.3) is 6.29 Å². The van der Waals surface area contributed by atoms with Crippen molar-refractivity contribution >= 4 is 18.2 Å². The number of carbonyl (C=O) groups is 2. The molecule has 0 fully saturated rings. The van der Waals surface area contributed by atoms with Gasteiger partial charge >= 0.3 is 11.9 Å². The highest BCUT2D eigenvalue weighted by molar-refractivity contribution is 5.81. The molecule has 16 heavy (non-hydrogen) atoms. The van der Waals surface area contributed by atoms with Crippen LogP contribution in [-0.2, 0) is 23.9 Å². The average Bonchev–Trinajstić information content (AvgIpc) is 2.24. The molecule has 0 aliphatic rings. The standard InChI is InChI=1S/C9H13NO6/c1-4-8(13)16-9(15-6(2)11)7(12)5-10-14-3/h4-5,7,9,12H,1H2,2-3H3. The van der Waals surface area contributed by atoms with Crippen LogP contribution >= 0.6 is 0 Å². The van der Waals surface area contributed by atoms with E-state index >= 15 is 0 Å². The van der Waals surface area contributed by atoms with Crippen LogP contribution in [0, 0.1) is 0 Å². The van der Waals surface area contributed by atoms with Crippen LogP contribution in [0.15, 0.2) is 17.8 Å². The quantitative estimate of drug-likeness (QED) is 0.220. The van der Waals surface area contributed by atoms with Crippen LogP contribution in [0.1, 0.15) is 6.92 Å². The molecule has 0 radical (unpaired) electrons. The second-order valence-corrected chi connectivity index (χ2v) is 2.55. The summed E-state index contributed by atoms with van der Waals surface area (Å²) in [5, 5.41) is 12.7. The fourth-order valence-corrected chi connectivity index (χ4v) is 0.683. The van der Waals surface area contributed by atoms with E-state index in [1.807, 2.05) is 0 Å². The molecular formula is C9H13NO6. The van der Waals surface area contributed by atoms with Crippen molar-refractivity contribution in [1.29, 1.82) is 0 Å². The third-order valence-electron chi connectivity index (χ3n) is 1.28. The van der Waals surface area contributed by atoms with Crippen molar-refractivity contribution in [2.24, 2.45) is 5.16 Å². The average molecular weight is 231 g/mol. The highest BCUT2D eigenvalue weighted by atomic mass is 16.7. The molecule has 0 saturated carbocycles. The second kappa shape index (κ2) is 7.41. The maximum absolute atomic E-state index is 10.9. The van der Waals surface area contributed by atoms with Crippen LogP contribution < -0.4 is 0 Å². The Morgan fingerprint density at radius 1 is 1.44 bits per heavy atom. The largest absolute Gasteiger partial charge is 0.422 e. The molecule has 2 unspecified atom stereocenters. The van der Waals surface area contributed by atoms with Crippen molar-refractivity contribution in [3.8, 4) is 0 Å². The van der Waals surface area contributed by atoms with Crippen LogP contribution in [0.2, 0.25) is 0 Å². The van der Waals surface area contributed by atoms with Crippen molar-refractivity contribution in [3.05, 3.63) is 12.7 Å². The molecule has 0 aromatic carbocycles. The van der Waals surface area contributed by atoms with Crippen molar-refractivity contribution in [1.82, 2.24) is 0 Å². The lowest BCUT2D eigenvalue weighted by Crippen LogP contribution is -2.35. The smallest absolute Gasteiger partial charge is 0.333 e. The summed E-state index contributed by atoms with van der Waals surface area (Å²) in [5.41, 5.74) is 0. The van der Waals surface area contributed by atoms with Crippen molar-refractivity contribution in [2.45, 2.75) is 19.3 Å². The molecule has 7 nitrogen and oxygen atoms in total. The Hall–Kier alpha value is -1.89. The molecule has 0 rings (SSSR count). The van der Waals surface area contributed by atoms with E-state index in [-0.39, 0.29) is 0 Å². The Labute approximate surface area is 92.3 Å². The summed E-state index contributed by atoms with van der Waals surface area (Å²) in [6.07, 6.45) is -1.12. The van der Waals surface area contributed by atoms with Gasteiger partial charge in [-0.3, -0.25) is 4.79 Å². The molecule has 0 aromatic rings. The summed E-state index contributed by atoms with van der Waals surface area (Å²) in [4.78, 5) is 25.8.